The van der Waals surface area contributed by atoms with Crippen molar-refractivity contribution in [2.75, 3.05) is 0 Å². The number of hydrogen-bond acceptors (Lipinski definition) is 2. The van der Waals surface area contributed by atoms with Gasteiger partial charge in [0, 0.05) is 12.5 Å². The summed E-state index contributed by atoms with van der Waals surface area (Å²) < 4.78 is 2.14. The normalized spacial score (nSPS) is 25.4. The Morgan fingerprint density at radius 3 is 3.00 bits per heavy atom. The summed E-state index contributed by atoms with van der Waals surface area (Å²) in [5.74, 6) is 1.27. The van der Waals surface area contributed by atoms with Crippen molar-refractivity contribution >= 4 is 7.28 Å². The van der Waals surface area contributed by atoms with E-state index in [4.69, 9.17) is 0 Å². The maximum Gasteiger partial charge on any atom is 0.109 e. The van der Waals surface area contributed by atoms with Crippen LogP contribution < -0.4 is 0 Å². The fourth-order valence-corrected chi connectivity index (χ4v) is 2.68. The van der Waals surface area contributed by atoms with Crippen LogP contribution in [0.3, 0.4) is 0 Å². The van der Waals surface area contributed by atoms with Crippen molar-refractivity contribution in [3.05, 3.63) is 11.4 Å². The van der Waals surface area contributed by atoms with E-state index in [0.29, 0.717) is 11.8 Å². The van der Waals surface area contributed by atoms with Crippen molar-refractivity contribution in [1.29, 1.82) is 0 Å². The molecule has 1 aliphatic heterocycles. The minimum atomic E-state index is 0.570. The lowest BCUT2D eigenvalue weighted by Gasteiger charge is -2.20. The first-order chi connectivity index (χ1) is 8.24. The number of rotatable bonds is 2. The Kier molecular flexibility index (Phi) is 4.24. The summed E-state index contributed by atoms with van der Waals surface area (Å²) in [6.07, 6.45) is 5.88. The lowest BCUT2D eigenvalue weighted by atomic mass is 9.64. The number of nitrogens with zero attached hydrogens (tertiary/aromatic N) is 3. The SMILES string of the molecule is CCCn1nnc2c1C(C)C(C)C[B]CCC2. The lowest BCUT2D eigenvalue weighted by Crippen LogP contribution is -2.15. The van der Waals surface area contributed by atoms with Crippen LogP contribution in [0.5, 0.6) is 0 Å². The van der Waals surface area contributed by atoms with Gasteiger partial charge < -0.3 is 0 Å². The fraction of sp³-hybridized carbons (Fsp3) is 0.846. The largest absolute Gasteiger partial charge is 0.249 e. The summed E-state index contributed by atoms with van der Waals surface area (Å²) in [5, 5.41) is 8.75. The smallest absolute Gasteiger partial charge is 0.109 e. The molecule has 0 aromatic carbocycles. The fourth-order valence-electron chi connectivity index (χ4n) is 2.68. The zero-order valence-electron chi connectivity index (χ0n) is 11.3. The second-order valence-electron chi connectivity index (χ2n) is 5.33. The molecule has 2 unspecified atom stereocenters. The Balaban J connectivity index is 2.31. The van der Waals surface area contributed by atoms with E-state index in [2.05, 4.69) is 43.0 Å². The summed E-state index contributed by atoms with van der Waals surface area (Å²) >= 11 is 0. The molecule has 2 heterocycles. The molecule has 0 fully saturated rings. The second kappa shape index (κ2) is 5.70. The second-order valence-corrected chi connectivity index (χ2v) is 5.33. The van der Waals surface area contributed by atoms with Gasteiger partial charge in [0.05, 0.1) is 11.4 Å². The predicted octanol–water partition coefficient (Wildman–Crippen LogP) is 2.91. The minimum Gasteiger partial charge on any atom is -0.249 e. The molecule has 1 radical (unpaired) electrons. The highest BCUT2D eigenvalue weighted by Crippen LogP contribution is 2.30. The van der Waals surface area contributed by atoms with Crippen molar-refractivity contribution in [1.82, 2.24) is 15.0 Å². The molecule has 0 spiro atoms. The molecule has 0 bridgehead atoms. The van der Waals surface area contributed by atoms with Crippen LogP contribution in [0.15, 0.2) is 0 Å². The van der Waals surface area contributed by atoms with Crippen LogP contribution in [0, 0.1) is 5.92 Å². The maximum absolute atomic E-state index is 4.40. The molecule has 1 aromatic rings. The van der Waals surface area contributed by atoms with E-state index in [1.54, 1.807) is 0 Å². The first kappa shape index (κ1) is 12.7. The molecule has 2 rings (SSSR count). The van der Waals surface area contributed by atoms with E-state index >= 15 is 0 Å². The van der Waals surface area contributed by atoms with Crippen LogP contribution in [-0.4, -0.2) is 22.3 Å². The highest BCUT2D eigenvalue weighted by molar-refractivity contribution is 6.35. The number of aromatic nitrogens is 3. The predicted molar refractivity (Wildman–Crippen MR) is 71.6 cm³/mol. The molecule has 0 aliphatic carbocycles. The molecule has 2 atom stereocenters. The van der Waals surface area contributed by atoms with Crippen LogP contribution in [0.2, 0.25) is 12.6 Å². The Hall–Kier alpha value is -0.795. The standard InChI is InChI=1S/C13H23BN3/c1-4-8-17-13-11(3)10(2)9-14-7-5-6-12(13)15-16-17/h10-11H,4-9H2,1-3H3. The molecule has 1 aliphatic rings. The van der Waals surface area contributed by atoms with E-state index < -0.39 is 0 Å². The van der Waals surface area contributed by atoms with Crippen molar-refractivity contribution in [2.24, 2.45) is 5.92 Å². The molecule has 0 saturated carbocycles. The van der Waals surface area contributed by atoms with Gasteiger partial charge in [-0.25, -0.2) is 4.68 Å². The number of aryl methyl sites for hydroxylation is 2. The van der Waals surface area contributed by atoms with Gasteiger partial charge in [-0.2, -0.15) is 0 Å². The minimum absolute atomic E-state index is 0.570. The van der Waals surface area contributed by atoms with Crippen LogP contribution in [0.1, 0.15) is 50.9 Å². The molecule has 17 heavy (non-hydrogen) atoms. The summed E-state index contributed by atoms with van der Waals surface area (Å²) in [6, 6.07) is 0. The average Bonchev–Trinajstić information content (AvgIpc) is 2.72. The van der Waals surface area contributed by atoms with Gasteiger partial charge in [-0.3, -0.25) is 0 Å². The van der Waals surface area contributed by atoms with E-state index in [1.807, 2.05) is 0 Å². The Morgan fingerprint density at radius 2 is 2.24 bits per heavy atom. The van der Waals surface area contributed by atoms with Crippen LogP contribution >= 0.6 is 0 Å². The van der Waals surface area contributed by atoms with Gasteiger partial charge >= 0.3 is 0 Å². The zero-order valence-corrected chi connectivity index (χ0v) is 11.3. The highest BCUT2D eigenvalue weighted by Gasteiger charge is 2.24. The quantitative estimate of drug-likeness (QED) is 0.734. The van der Waals surface area contributed by atoms with E-state index in [9.17, 15) is 0 Å². The van der Waals surface area contributed by atoms with Crippen LogP contribution in [0.25, 0.3) is 0 Å². The Labute approximate surface area is 105 Å². The first-order valence-electron chi connectivity index (χ1n) is 6.98. The number of hydrogen-bond donors (Lipinski definition) is 0. The molecular formula is C13H23BN3. The molecule has 0 N–H and O–H groups in total. The zero-order chi connectivity index (χ0) is 12.3. The van der Waals surface area contributed by atoms with Crippen molar-refractivity contribution in [3.8, 4) is 0 Å². The van der Waals surface area contributed by atoms with Gasteiger partial charge in [0.1, 0.15) is 7.28 Å². The Bertz CT molecular complexity index is 362. The third kappa shape index (κ3) is 2.72. The van der Waals surface area contributed by atoms with E-state index in [1.165, 1.54) is 30.4 Å². The molecule has 4 heteroatoms. The van der Waals surface area contributed by atoms with Crippen LogP contribution in [0.4, 0.5) is 0 Å². The maximum atomic E-state index is 4.40. The number of fused-ring (bicyclic) bond motifs is 1. The average molecular weight is 232 g/mol. The van der Waals surface area contributed by atoms with Crippen molar-refractivity contribution in [3.63, 3.8) is 0 Å². The topological polar surface area (TPSA) is 30.7 Å². The molecular weight excluding hydrogens is 209 g/mol. The molecule has 1 aromatic heterocycles. The summed E-state index contributed by atoms with van der Waals surface area (Å²) in [5.41, 5.74) is 2.64. The molecule has 0 amide bonds. The summed E-state index contributed by atoms with van der Waals surface area (Å²) in [6.45, 7) is 7.88. The van der Waals surface area contributed by atoms with Gasteiger partial charge in [0.25, 0.3) is 0 Å². The third-order valence-electron chi connectivity index (χ3n) is 3.93. The Morgan fingerprint density at radius 1 is 1.41 bits per heavy atom. The van der Waals surface area contributed by atoms with Gasteiger partial charge in [0.15, 0.2) is 0 Å². The molecule has 3 nitrogen and oxygen atoms in total. The van der Waals surface area contributed by atoms with Gasteiger partial charge in [-0.1, -0.05) is 45.0 Å². The summed E-state index contributed by atoms with van der Waals surface area (Å²) in [7, 11) is 2.45. The monoisotopic (exact) mass is 232 g/mol. The molecule has 0 saturated heterocycles. The van der Waals surface area contributed by atoms with Crippen LogP contribution in [-0.2, 0) is 13.0 Å². The first-order valence-corrected chi connectivity index (χ1v) is 6.98. The van der Waals surface area contributed by atoms with E-state index in [0.717, 1.165) is 19.4 Å². The lowest BCUT2D eigenvalue weighted by molar-refractivity contribution is 0.467. The van der Waals surface area contributed by atoms with Gasteiger partial charge in [-0.05, 0) is 18.8 Å². The molecule has 93 valence electrons. The van der Waals surface area contributed by atoms with Gasteiger partial charge in [-0.15, -0.1) is 5.10 Å². The highest BCUT2D eigenvalue weighted by atomic mass is 15.4. The van der Waals surface area contributed by atoms with Gasteiger partial charge in [0.2, 0.25) is 0 Å². The summed E-state index contributed by atoms with van der Waals surface area (Å²) in [4.78, 5) is 0. The third-order valence-corrected chi connectivity index (χ3v) is 3.93. The van der Waals surface area contributed by atoms with Crippen molar-refractivity contribution < 1.29 is 0 Å². The van der Waals surface area contributed by atoms with Crippen molar-refractivity contribution in [2.45, 2.75) is 65.1 Å². The van der Waals surface area contributed by atoms with E-state index in [-0.39, 0.29) is 0 Å².